The van der Waals surface area contributed by atoms with Crippen LogP contribution in [-0.2, 0) is 6.42 Å². The number of hydrogen-bond donors (Lipinski definition) is 1. The molecule has 0 aliphatic rings. The van der Waals surface area contributed by atoms with Crippen LogP contribution in [0.1, 0.15) is 65.2 Å². The predicted octanol–water partition coefficient (Wildman–Crippen LogP) is 4.28. The van der Waals surface area contributed by atoms with Crippen molar-refractivity contribution in [2.45, 2.75) is 65.8 Å². The fourth-order valence-electron chi connectivity index (χ4n) is 2.14. The molecular weight excluding hydrogens is 230 g/mol. The first-order chi connectivity index (χ1) is 8.06. The average Bonchev–Trinajstić information content (AvgIpc) is 2.60. The van der Waals surface area contributed by atoms with Gasteiger partial charge in [-0.25, -0.2) is 0 Å². The third-order valence-electron chi connectivity index (χ3n) is 3.10. The highest BCUT2D eigenvalue weighted by molar-refractivity contribution is 7.71. The Morgan fingerprint density at radius 2 is 2.00 bits per heavy atom. The van der Waals surface area contributed by atoms with E-state index in [9.17, 15) is 0 Å². The number of aryl methyl sites for hydroxylation is 1. The molecule has 0 spiro atoms. The molecule has 0 saturated heterocycles. The first-order valence-electron chi connectivity index (χ1n) is 6.72. The Bertz CT molecular complexity index is 378. The summed E-state index contributed by atoms with van der Waals surface area (Å²) in [5.74, 6) is 1.89. The maximum Gasteiger partial charge on any atom is 0.195 e. The van der Waals surface area contributed by atoms with Crippen LogP contribution in [0.5, 0.6) is 0 Å². The van der Waals surface area contributed by atoms with Crippen molar-refractivity contribution in [3.8, 4) is 0 Å². The Hall–Kier alpha value is -0.640. The van der Waals surface area contributed by atoms with Gasteiger partial charge in [0.05, 0.1) is 0 Å². The SMILES string of the molecule is CCCc1n[nH]c(=S)n1C(C)CCCC(C)C. The molecule has 0 bridgehead atoms. The lowest BCUT2D eigenvalue weighted by molar-refractivity contribution is 0.433. The molecule has 0 saturated carbocycles. The van der Waals surface area contributed by atoms with Crippen LogP contribution in [0.2, 0.25) is 0 Å². The molecule has 1 atom stereocenters. The van der Waals surface area contributed by atoms with Gasteiger partial charge in [0.2, 0.25) is 0 Å². The minimum atomic E-state index is 0.460. The smallest absolute Gasteiger partial charge is 0.195 e. The normalized spacial score (nSPS) is 13.2. The summed E-state index contributed by atoms with van der Waals surface area (Å²) in [6.45, 7) is 8.96. The number of aromatic nitrogens is 3. The zero-order chi connectivity index (χ0) is 12.8. The van der Waals surface area contributed by atoms with Crippen molar-refractivity contribution in [1.29, 1.82) is 0 Å². The van der Waals surface area contributed by atoms with E-state index in [1.807, 2.05) is 0 Å². The van der Waals surface area contributed by atoms with Gasteiger partial charge in [0, 0.05) is 12.5 Å². The molecule has 98 valence electrons. The van der Waals surface area contributed by atoms with Crippen molar-refractivity contribution in [2.24, 2.45) is 5.92 Å². The van der Waals surface area contributed by atoms with Crippen molar-refractivity contribution >= 4 is 12.2 Å². The third kappa shape index (κ3) is 4.26. The molecule has 1 aromatic heterocycles. The molecule has 1 aromatic rings. The molecule has 0 amide bonds. The van der Waals surface area contributed by atoms with E-state index in [1.165, 1.54) is 19.3 Å². The molecule has 0 radical (unpaired) electrons. The Kier molecular flexibility index (Phi) is 5.89. The van der Waals surface area contributed by atoms with E-state index < -0.39 is 0 Å². The fourth-order valence-corrected chi connectivity index (χ4v) is 2.47. The summed E-state index contributed by atoms with van der Waals surface area (Å²) in [5, 5.41) is 7.23. The van der Waals surface area contributed by atoms with E-state index in [-0.39, 0.29) is 0 Å². The van der Waals surface area contributed by atoms with E-state index in [0.717, 1.165) is 29.4 Å². The van der Waals surface area contributed by atoms with Crippen molar-refractivity contribution in [3.05, 3.63) is 10.6 Å². The number of aromatic amines is 1. The summed E-state index contributed by atoms with van der Waals surface area (Å²) in [6.07, 6.45) is 5.85. The van der Waals surface area contributed by atoms with Crippen LogP contribution in [0.3, 0.4) is 0 Å². The van der Waals surface area contributed by atoms with Gasteiger partial charge >= 0.3 is 0 Å². The van der Waals surface area contributed by atoms with Gasteiger partial charge in [0.1, 0.15) is 5.82 Å². The maximum absolute atomic E-state index is 5.31. The zero-order valence-electron chi connectivity index (χ0n) is 11.5. The molecule has 0 aliphatic heterocycles. The molecule has 4 heteroatoms. The molecule has 1 N–H and O–H groups in total. The average molecular weight is 255 g/mol. The van der Waals surface area contributed by atoms with Gasteiger partial charge in [-0.3, -0.25) is 5.10 Å². The van der Waals surface area contributed by atoms with Crippen LogP contribution in [0.4, 0.5) is 0 Å². The lowest BCUT2D eigenvalue weighted by atomic mass is 10.0. The van der Waals surface area contributed by atoms with Crippen LogP contribution in [-0.4, -0.2) is 14.8 Å². The summed E-state index contributed by atoms with van der Waals surface area (Å²) in [4.78, 5) is 0. The second kappa shape index (κ2) is 6.94. The molecule has 1 heterocycles. The topological polar surface area (TPSA) is 33.6 Å². The lowest BCUT2D eigenvalue weighted by Gasteiger charge is -2.16. The van der Waals surface area contributed by atoms with Gasteiger partial charge in [-0.05, 0) is 37.9 Å². The monoisotopic (exact) mass is 255 g/mol. The summed E-state index contributed by atoms with van der Waals surface area (Å²) in [7, 11) is 0. The van der Waals surface area contributed by atoms with Crippen LogP contribution < -0.4 is 0 Å². The zero-order valence-corrected chi connectivity index (χ0v) is 12.3. The fraction of sp³-hybridized carbons (Fsp3) is 0.846. The molecule has 1 rings (SSSR count). The number of hydrogen-bond acceptors (Lipinski definition) is 2. The Balaban J connectivity index is 2.64. The highest BCUT2D eigenvalue weighted by atomic mass is 32.1. The van der Waals surface area contributed by atoms with Crippen molar-refractivity contribution in [1.82, 2.24) is 14.8 Å². The van der Waals surface area contributed by atoms with Crippen LogP contribution in [0, 0.1) is 10.7 Å². The molecule has 0 aromatic carbocycles. The predicted molar refractivity (Wildman–Crippen MR) is 74.8 cm³/mol. The summed E-state index contributed by atoms with van der Waals surface area (Å²) in [6, 6.07) is 0.460. The number of H-pyrrole nitrogens is 1. The molecule has 17 heavy (non-hydrogen) atoms. The van der Waals surface area contributed by atoms with Crippen LogP contribution >= 0.6 is 12.2 Å². The number of nitrogens with zero attached hydrogens (tertiary/aromatic N) is 2. The van der Waals surface area contributed by atoms with E-state index in [4.69, 9.17) is 12.2 Å². The van der Waals surface area contributed by atoms with Gasteiger partial charge in [-0.2, -0.15) is 5.10 Å². The molecule has 0 aliphatic carbocycles. The largest absolute Gasteiger partial charge is 0.301 e. The standard InChI is InChI=1S/C13H25N3S/c1-5-7-12-14-15-13(17)16(12)11(4)9-6-8-10(2)3/h10-11H,5-9H2,1-4H3,(H,15,17). The highest BCUT2D eigenvalue weighted by Crippen LogP contribution is 2.19. The highest BCUT2D eigenvalue weighted by Gasteiger charge is 2.12. The van der Waals surface area contributed by atoms with Crippen molar-refractivity contribution < 1.29 is 0 Å². The van der Waals surface area contributed by atoms with E-state index in [0.29, 0.717) is 6.04 Å². The van der Waals surface area contributed by atoms with E-state index >= 15 is 0 Å². The van der Waals surface area contributed by atoms with Crippen molar-refractivity contribution in [2.75, 3.05) is 0 Å². The summed E-state index contributed by atoms with van der Waals surface area (Å²) >= 11 is 5.31. The van der Waals surface area contributed by atoms with Gasteiger partial charge in [-0.15, -0.1) is 0 Å². The molecular formula is C13H25N3S. The first-order valence-corrected chi connectivity index (χ1v) is 7.12. The van der Waals surface area contributed by atoms with E-state index in [1.54, 1.807) is 0 Å². The van der Waals surface area contributed by atoms with Gasteiger partial charge in [-0.1, -0.05) is 33.6 Å². The quantitative estimate of drug-likeness (QED) is 0.738. The summed E-state index contributed by atoms with van der Waals surface area (Å²) < 4.78 is 2.96. The van der Waals surface area contributed by atoms with Crippen LogP contribution in [0.25, 0.3) is 0 Å². The minimum absolute atomic E-state index is 0.460. The number of nitrogens with one attached hydrogen (secondary N) is 1. The van der Waals surface area contributed by atoms with Gasteiger partial charge in [0.15, 0.2) is 4.77 Å². The second-order valence-electron chi connectivity index (χ2n) is 5.24. The Morgan fingerprint density at radius 1 is 1.29 bits per heavy atom. The van der Waals surface area contributed by atoms with Crippen molar-refractivity contribution in [3.63, 3.8) is 0 Å². The molecule has 1 unspecified atom stereocenters. The van der Waals surface area contributed by atoms with Gasteiger partial charge < -0.3 is 4.57 Å². The third-order valence-corrected chi connectivity index (χ3v) is 3.38. The molecule has 3 nitrogen and oxygen atoms in total. The first kappa shape index (κ1) is 14.4. The minimum Gasteiger partial charge on any atom is -0.301 e. The van der Waals surface area contributed by atoms with E-state index in [2.05, 4.69) is 42.5 Å². The summed E-state index contributed by atoms with van der Waals surface area (Å²) in [5.41, 5.74) is 0. The number of rotatable bonds is 7. The lowest BCUT2D eigenvalue weighted by Crippen LogP contribution is -2.10. The molecule has 0 fully saturated rings. The Labute approximate surface area is 110 Å². The second-order valence-corrected chi connectivity index (χ2v) is 5.63. The van der Waals surface area contributed by atoms with Gasteiger partial charge in [0.25, 0.3) is 0 Å². The maximum atomic E-state index is 5.31. The van der Waals surface area contributed by atoms with Crippen LogP contribution in [0.15, 0.2) is 0 Å². The Morgan fingerprint density at radius 3 is 2.59 bits per heavy atom.